The molecule has 6 heteroatoms. The molecule has 1 aromatic carbocycles. The predicted octanol–water partition coefficient (Wildman–Crippen LogP) is 2.59. The molecule has 5 nitrogen and oxygen atoms in total. The van der Waals surface area contributed by atoms with Crippen LogP contribution in [-0.4, -0.2) is 54.0 Å². The lowest BCUT2D eigenvalue weighted by Gasteiger charge is -2.31. The van der Waals surface area contributed by atoms with Gasteiger partial charge in [0.1, 0.15) is 5.82 Å². The van der Waals surface area contributed by atoms with E-state index in [1.54, 1.807) is 6.07 Å². The second-order valence-corrected chi connectivity index (χ2v) is 8.00. The Bertz CT molecular complexity index is 704. The highest BCUT2D eigenvalue weighted by Crippen LogP contribution is 2.33. The Morgan fingerprint density at radius 2 is 2.00 bits per heavy atom. The summed E-state index contributed by atoms with van der Waals surface area (Å²) in [6.07, 6.45) is 3.94. The van der Waals surface area contributed by atoms with Gasteiger partial charge in [0.2, 0.25) is 11.8 Å². The van der Waals surface area contributed by atoms with Crippen LogP contribution in [0.2, 0.25) is 0 Å². The van der Waals surface area contributed by atoms with E-state index in [1.807, 2.05) is 15.9 Å². The van der Waals surface area contributed by atoms with Gasteiger partial charge in [-0.15, -0.1) is 0 Å². The molecule has 0 spiro atoms. The fourth-order valence-electron chi connectivity index (χ4n) is 4.76. The van der Waals surface area contributed by atoms with E-state index in [4.69, 9.17) is 4.74 Å². The molecule has 0 N–H and O–H groups in total. The first kappa shape index (κ1) is 18.4. The number of nitrogens with zero attached hydrogens (tertiary/aromatic N) is 2. The van der Waals surface area contributed by atoms with Crippen molar-refractivity contribution in [1.29, 1.82) is 0 Å². The van der Waals surface area contributed by atoms with Gasteiger partial charge in [0.25, 0.3) is 0 Å². The molecule has 0 aromatic heterocycles. The van der Waals surface area contributed by atoms with Crippen LogP contribution in [0.5, 0.6) is 0 Å². The van der Waals surface area contributed by atoms with Gasteiger partial charge >= 0.3 is 0 Å². The van der Waals surface area contributed by atoms with Crippen LogP contribution in [0.15, 0.2) is 24.3 Å². The van der Waals surface area contributed by atoms with E-state index >= 15 is 0 Å². The molecule has 27 heavy (non-hydrogen) atoms. The number of hydrogen-bond donors (Lipinski definition) is 0. The smallest absolute Gasteiger partial charge is 0.225 e. The standard InChI is InChI=1S/C21H27FN2O3/c22-18-5-1-3-15(11-18)12-24-19-14-23(13-17(19)4-2-6-20(24)25)21(26)16-7-9-27-10-8-16/h1,3,5,11,16-17,19H,2,4,6-10,12-14H2. The van der Waals surface area contributed by atoms with Gasteiger partial charge in [-0.05, 0) is 49.3 Å². The highest BCUT2D eigenvalue weighted by Gasteiger charge is 2.43. The topological polar surface area (TPSA) is 49.9 Å². The summed E-state index contributed by atoms with van der Waals surface area (Å²) in [5.74, 6) is 0.410. The Morgan fingerprint density at radius 3 is 2.78 bits per heavy atom. The molecule has 0 radical (unpaired) electrons. The maximum atomic E-state index is 13.6. The Hall–Kier alpha value is -1.95. The first-order valence-electron chi connectivity index (χ1n) is 10.0. The monoisotopic (exact) mass is 374 g/mol. The van der Waals surface area contributed by atoms with Gasteiger partial charge in [-0.25, -0.2) is 4.39 Å². The maximum Gasteiger partial charge on any atom is 0.225 e. The van der Waals surface area contributed by atoms with Crippen molar-refractivity contribution in [3.05, 3.63) is 35.6 Å². The molecule has 0 bridgehead atoms. The van der Waals surface area contributed by atoms with Crippen molar-refractivity contribution in [3.63, 3.8) is 0 Å². The molecule has 3 heterocycles. The first-order chi connectivity index (χ1) is 13.1. The number of amides is 2. The van der Waals surface area contributed by atoms with Crippen molar-refractivity contribution >= 4 is 11.8 Å². The molecule has 2 unspecified atom stereocenters. The lowest BCUT2D eigenvalue weighted by Crippen LogP contribution is -2.44. The summed E-state index contributed by atoms with van der Waals surface area (Å²) in [4.78, 5) is 29.5. The van der Waals surface area contributed by atoms with Gasteiger partial charge < -0.3 is 14.5 Å². The van der Waals surface area contributed by atoms with Crippen molar-refractivity contribution in [2.75, 3.05) is 26.3 Å². The number of hydrogen-bond acceptors (Lipinski definition) is 3. The lowest BCUT2D eigenvalue weighted by molar-refractivity contribution is -0.139. The summed E-state index contributed by atoms with van der Waals surface area (Å²) in [6, 6.07) is 6.48. The zero-order chi connectivity index (χ0) is 18.8. The number of ether oxygens (including phenoxy) is 1. The zero-order valence-corrected chi connectivity index (χ0v) is 15.6. The zero-order valence-electron chi connectivity index (χ0n) is 15.6. The SMILES string of the molecule is O=C(C1CCOCC1)N1CC2CCCC(=O)N(Cc3cccc(F)c3)C2C1. The third-order valence-electron chi connectivity index (χ3n) is 6.22. The molecule has 4 rings (SSSR count). The summed E-state index contributed by atoms with van der Waals surface area (Å²) in [5.41, 5.74) is 0.804. The normalized spacial score (nSPS) is 26.8. The van der Waals surface area contributed by atoms with Crippen LogP contribution in [0.25, 0.3) is 0 Å². The Balaban J connectivity index is 1.49. The number of carbonyl (C=O) groups excluding carboxylic acids is 2. The van der Waals surface area contributed by atoms with E-state index < -0.39 is 0 Å². The van der Waals surface area contributed by atoms with Gasteiger partial charge in [0.15, 0.2) is 0 Å². The third kappa shape index (κ3) is 4.00. The average molecular weight is 374 g/mol. The van der Waals surface area contributed by atoms with Gasteiger partial charge in [0, 0.05) is 45.2 Å². The van der Waals surface area contributed by atoms with Crippen LogP contribution in [-0.2, 0) is 20.9 Å². The molecule has 2 amide bonds. The van der Waals surface area contributed by atoms with E-state index in [0.29, 0.717) is 38.6 Å². The summed E-state index contributed by atoms with van der Waals surface area (Å²) in [6.45, 7) is 3.05. The van der Waals surface area contributed by atoms with E-state index in [2.05, 4.69) is 0 Å². The molecule has 2 atom stereocenters. The van der Waals surface area contributed by atoms with Crippen molar-refractivity contribution in [1.82, 2.24) is 9.80 Å². The van der Waals surface area contributed by atoms with E-state index in [-0.39, 0.29) is 29.6 Å². The van der Waals surface area contributed by atoms with Crippen LogP contribution >= 0.6 is 0 Å². The van der Waals surface area contributed by atoms with Gasteiger partial charge in [-0.1, -0.05) is 12.1 Å². The highest BCUT2D eigenvalue weighted by atomic mass is 19.1. The van der Waals surface area contributed by atoms with Gasteiger partial charge in [0.05, 0.1) is 6.04 Å². The van der Waals surface area contributed by atoms with Crippen LogP contribution in [0.3, 0.4) is 0 Å². The average Bonchev–Trinajstić information content (AvgIpc) is 3.04. The second-order valence-electron chi connectivity index (χ2n) is 8.00. The van der Waals surface area contributed by atoms with Crippen molar-refractivity contribution in [2.45, 2.75) is 44.7 Å². The van der Waals surface area contributed by atoms with Crippen molar-refractivity contribution < 1.29 is 18.7 Å². The quantitative estimate of drug-likeness (QED) is 0.817. The molecule has 3 saturated heterocycles. The minimum Gasteiger partial charge on any atom is -0.381 e. The van der Waals surface area contributed by atoms with Gasteiger partial charge in [-0.2, -0.15) is 0 Å². The Kier molecular flexibility index (Phi) is 5.43. The Labute approximate surface area is 159 Å². The number of fused-ring (bicyclic) bond motifs is 1. The number of benzene rings is 1. The number of halogens is 1. The highest BCUT2D eigenvalue weighted by molar-refractivity contribution is 5.80. The van der Waals surface area contributed by atoms with Crippen molar-refractivity contribution in [3.8, 4) is 0 Å². The lowest BCUT2D eigenvalue weighted by atomic mass is 9.98. The number of carbonyl (C=O) groups is 2. The molecule has 0 aliphatic carbocycles. The fraction of sp³-hybridized carbons (Fsp3) is 0.619. The van der Waals surface area contributed by atoms with E-state index in [1.165, 1.54) is 12.1 Å². The predicted molar refractivity (Wildman–Crippen MR) is 98.2 cm³/mol. The molecule has 3 aliphatic heterocycles. The van der Waals surface area contributed by atoms with E-state index in [0.717, 1.165) is 37.8 Å². The minimum atomic E-state index is -0.283. The molecule has 0 saturated carbocycles. The minimum absolute atomic E-state index is 0.0343. The van der Waals surface area contributed by atoms with Crippen LogP contribution < -0.4 is 0 Å². The molecule has 1 aromatic rings. The summed E-state index contributed by atoms with van der Waals surface area (Å²) < 4.78 is 19.0. The van der Waals surface area contributed by atoms with Crippen LogP contribution in [0, 0.1) is 17.7 Å². The first-order valence-corrected chi connectivity index (χ1v) is 10.0. The maximum absolute atomic E-state index is 13.6. The number of rotatable bonds is 3. The molecule has 3 aliphatic rings. The summed E-state index contributed by atoms with van der Waals surface area (Å²) >= 11 is 0. The fourth-order valence-corrected chi connectivity index (χ4v) is 4.76. The third-order valence-corrected chi connectivity index (χ3v) is 6.22. The molecule has 3 fully saturated rings. The Morgan fingerprint density at radius 1 is 1.19 bits per heavy atom. The summed E-state index contributed by atoms with van der Waals surface area (Å²) in [5, 5.41) is 0. The van der Waals surface area contributed by atoms with Crippen molar-refractivity contribution in [2.24, 2.45) is 11.8 Å². The van der Waals surface area contributed by atoms with Gasteiger partial charge in [-0.3, -0.25) is 9.59 Å². The molecular weight excluding hydrogens is 347 g/mol. The second kappa shape index (κ2) is 7.97. The van der Waals surface area contributed by atoms with Crippen LogP contribution in [0.4, 0.5) is 4.39 Å². The molecule has 146 valence electrons. The number of likely N-dealkylation sites (tertiary alicyclic amines) is 2. The molecular formula is C21H27FN2O3. The van der Waals surface area contributed by atoms with Crippen LogP contribution in [0.1, 0.15) is 37.7 Å². The largest absolute Gasteiger partial charge is 0.381 e. The van der Waals surface area contributed by atoms with E-state index in [9.17, 15) is 14.0 Å². The summed E-state index contributed by atoms with van der Waals surface area (Å²) in [7, 11) is 0.